The maximum Gasteiger partial charge on any atom is 0.188 e. The van der Waals surface area contributed by atoms with E-state index in [4.69, 9.17) is 5.26 Å². The largest absolute Gasteiger partial charge is 0.231 e. The molecule has 0 aromatic carbocycles. The molecule has 0 aliphatic rings. The summed E-state index contributed by atoms with van der Waals surface area (Å²) in [5.74, 6) is 0. The lowest BCUT2D eigenvalue weighted by molar-refractivity contribution is 0.925. The van der Waals surface area contributed by atoms with Crippen molar-refractivity contribution < 1.29 is 0 Å². The number of nitriles is 1. The first kappa shape index (κ1) is 10.0. The van der Waals surface area contributed by atoms with Crippen LogP contribution in [0.5, 0.6) is 0 Å². The molecule has 3 nitrogen and oxygen atoms in total. The topological polar surface area (TPSA) is 49.6 Å². The molecular weight excluding hydrogens is 182 g/mol. The van der Waals surface area contributed by atoms with Gasteiger partial charge in [0.05, 0.1) is 11.3 Å². The predicted molar refractivity (Wildman–Crippen MR) is 52.3 cm³/mol. The highest BCUT2D eigenvalue weighted by atomic mass is 32.2. The van der Waals surface area contributed by atoms with Gasteiger partial charge in [-0.25, -0.2) is 9.97 Å². The summed E-state index contributed by atoms with van der Waals surface area (Å²) in [6, 6.07) is 2.20. The molecule has 0 aliphatic carbocycles. The summed E-state index contributed by atoms with van der Waals surface area (Å²) in [6.45, 7) is 3.92. The molecule has 1 heterocycles. The van der Waals surface area contributed by atoms with Crippen LogP contribution in [-0.2, 0) is 0 Å². The minimum atomic E-state index is -0.0392. The summed E-state index contributed by atoms with van der Waals surface area (Å²) in [6.07, 6.45) is 4.34. The SMILES string of the molecule is CCC(C#N)Sc1ncc(C)cn1. The molecule has 0 fully saturated rings. The molecule has 0 bridgehead atoms. The smallest absolute Gasteiger partial charge is 0.188 e. The molecule has 0 spiro atoms. The van der Waals surface area contributed by atoms with Gasteiger partial charge < -0.3 is 0 Å². The minimum Gasteiger partial charge on any atom is -0.231 e. The minimum absolute atomic E-state index is 0.0392. The second-order valence-electron chi connectivity index (χ2n) is 2.69. The van der Waals surface area contributed by atoms with Crippen molar-refractivity contribution in [2.24, 2.45) is 0 Å². The van der Waals surface area contributed by atoms with E-state index in [0.29, 0.717) is 5.16 Å². The van der Waals surface area contributed by atoms with E-state index < -0.39 is 0 Å². The van der Waals surface area contributed by atoms with Crippen LogP contribution >= 0.6 is 11.8 Å². The molecule has 13 heavy (non-hydrogen) atoms. The van der Waals surface area contributed by atoms with Gasteiger partial charge in [-0.2, -0.15) is 5.26 Å². The zero-order valence-electron chi connectivity index (χ0n) is 7.69. The fourth-order valence-electron chi connectivity index (χ4n) is 0.770. The molecule has 1 aromatic rings. The molecule has 0 aliphatic heterocycles. The number of nitrogens with zero attached hydrogens (tertiary/aromatic N) is 3. The van der Waals surface area contributed by atoms with Crippen LogP contribution in [0.15, 0.2) is 17.6 Å². The zero-order valence-corrected chi connectivity index (χ0v) is 8.51. The summed E-state index contributed by atoms with van der Waals surface area (Å²) in [5, 5.41) is 9.36. The van der Waals surface area contributed by atoms with Crippen LogP contribution in [0.4, 0.5) is 0 Å². The average molecular weight is 193 g/mol. The highest BCUT2D eigenvalue weighted by Crippen LogP contribution is 2.20. The van der Waals surface area contributed by atoms with Crippen molar-refractivity contribution >= 4 is 11.8 Å². The van der Waals surface area contributed by atoms with E-state index >= 15 is 0 Å². The maximum absolute atomic E-state index is 8.72. The third-order valence-corrected chi connectivity index (χ3v) is 2.66. The van der Waals surface area contributed by atoms with Gasteiger partial charge in [0, 0.05) is 12.4 Å². The fraction of sp³-hybridized carbons (Fsp3) is 0.444. The van der Waals surface area contributed by atoms with Gasteiger partial charge in [-0.05, 0) is 18.9 Å². The summed E-state index contributed by atoms with van der Waals surface area (Å²) in [4.78, 5) is 8.23. The van der Waals surface area contributed by atoms with Gasteiger partial charge >= 0.3 is 0 Å². The molecule has 4 heteroatoms. The Kier molecular flexibility index (Phi) is 3.71. The Morgan fingerprint density at radius 1 is 1.54 bits per heavy atom. The van der Waals surface area contributed by atoms with Crippen molar-refractivity contribution in [3.8, 4) is 6.07 Å². The standard InChI is InChI=1S/C9H11N3S/c1-3-8(4-10)13-9-11-5-7(2)6-12-9/h5-6,8H,3H2,1-2H3. The van der Waals surface area contributed by atoms with Crippen LogP contribution in [0.25, 0.3) is 0 Å². The molecule has 68 valence electrons. The van der Waals surface area contributed by atoms with E-state index in [0.717, 1.165) is 12.0 Å². The lowest BCUT2D eigenvalue weighted by atomic mass is 10.4. The molecule has 1 unspecified atom stereocenters. The van der Waals surface area contributed by atoms with Crippen molar-refractivity contribution in [2.75, 3.05) is 0 Å². The summed E-state index contributed by atoms with van der Waals surface area (Å²) in [7, 11) is 0. The van der Waals surface area contributed by atoms with Crippen molar-refractivity contribution in [3.05, 3.63) is 18.0 Å². The van der Waals surface area contributed by atoms with Gasteiger partial charge in [0.15, 0.2) is 5.16 Å². The highest BCUT2D eigenvalue weighted by molar-refractivity contribution is 8.00. The zero-order chi connectivity index (χ0) is 9.68. The molecule has 1 aromatic heterocycles. The first-order chi connectivity index (χ1) is 6.26. The quantitative estimate of drug-likeness (QED) is 0.545. The number of aromatic nitrogens is 2. The van der Waals surface area contributed by atoms with Crippen molar-refractivity contribution in [1.29, 1.82) is 5.26 Å². The summed E-state index contributed by atoms with van der Waals surface area (Å²) >= 11 is 1.41. The number of hydrogen-bond acceptors (Lipinski definition) is 4. The predicted octanol–water partition coefficient (Wildman–Crippen LogP) is 2.18. The van der Waals surface area contributed by atoms with E-state index in [1.807, 2.05) is 13.8 Å². The number of hydrogen-bond donors (Lipinski definition) is 0. The average Bonchev–Trinajstić information content (AvgIpc) is 2.17. The summed E-state index contributed by atoms with van der Waals surface area (Å²) in [5.41, 5.74) is 1.04. The third-order valence-electron chi connectivity index (χ3n) is 1.52. The van der Waals surface area contributed by atoms with E-state index in [9.17, 15) is 0 Å². The lowest BCUT2D eigenvalue weighted by Crippen LogP contribution is -1.98. The van der Waals surface area contributed by atoms with Gasteiger partial charge in [0.2, 0.25) is 0 Å². The molecule has 0 N–H and O–H groups in total. The number of aryl methyl sites for hydroxylation is 1. The van der Waals surface area contributed by atoms with Gasteiger partial charge in [0.1, 0.15) is 0 Å². The normalized spacial score (nSPS) is 12.1. The second kappa shape index (κ2) is 4.83. The molecule has 1 rings (SSSR count). The first-order valence-electron chi connectivity index (χ1n) is 4.11. The first-order valence-corrected chi connectivity index (χ1v) is 4.99. The van der Waals surface area contributed by atoms with Gasteiger partial charge in [0.25, 0.3) is 0 Å². The van der Waals surface area contributed by atoms with Crippen molar-refractivity contribution in [3.63, 3.8) is 0 Å². The van der Waals surface area contributed by atoms with E-state index in [1.165, 1.54) is 11.8 Å². The Morgan fingerprint density at radius 3 is 2.62 bits per heavy atom. The molecule has 0 saturated carbocycles. The number of rotatable bonds is 3. The van der Waals surface area contributed by atoms with Crippen LogP contribution in [0.1, 0.15) is 18.9 Å². The molecule has 0 saturated heterocycles. The Labute approximate surface area is 82.2 Å². The Morgan fingerprint density at radius 2 is 2.15 bits per heavy atom. The Bertz CT molecular complexity index is 302. The lowest BCUT2D eigenvalue weighted by Gasteiger charge is -2.02. The van der Waals surface area contributed by atoms with Crippen molar-refractivity contribution in [2.45, 2.75) is 30.7 Å². The van der Waals surface area contributed by atoms with E-state index in [-0.39, 0.29) is 5.25 Å². The second-order valence-corrected chi connectivity index (χ2v) is 3.86. The van der Waals surface area contributed by atoms with Crippen molar-refractivity contribution in [1.82, 2.24) is 9.97 Å². The molecule has 0 radical (unpaired) electrons. The fourth-order valence-corrected chi connectivity index (χ4v) is 1.47. The van der Waals surface area contributed by atoms with Gasteiger partial charge in [-0.3, -0.25) is 0 Å². The third kappa shape index (κ3) is 3.03. The van der Waals surface area contributed by atoms with E-state index in [2.05, 4.69) is 16.0 Å². The van der Waals surface area contributed by atoms with Crippen LogP contribution in [0, 0.1) is 18.3 Å². The van der Waals surface area contributed by atoms with Crippen LogP contribution < -0.4 is 0 Å². The van der Waals surface area contributed by atoms with E-state index in [1.54, 1.807) is 12.4 Å². The van der Waals surface area contributed by atoms with Crippen LogP contribution in [-0.4, -0.2) is 15.2 Å². The van der Waals surface area contributed by atoms with Crippen LogP contribution in [0.2, 0.25) is 0 Å². The highest BCUT2D eigenvalue weighted by Gasteiger charge is 2.07. The van der Waals surface area contributed by atoms with Gasteiger partial charge in [-0.15, -0.1) is 0 Å². The Hall–Kier alpha value is -1.08. The number of thioether (sulfide) groups is 1. The van der Waals surface area contributed by atoms with Crippen LogP contribution in [0.3, 0.4) is 0 Å². The monoisotopic (exact) mass is 193 g/mol. The maximum atomic E-state index is 8.72. The molecule has 1 atom stereocenters. The van der Waals surface area contributed by atoms with Gasteiger partial charge in [-0.1, -0.05) is 18.7 Å². The summed E-state index contributed by atoms with van der Waals surface area (Å²) < 4.78 is 0. The Balaban J connectivity index is 2.64. The molecular formula is C9H11N3S. The molecule has 0 amide bonds.